The highest BCUT2D eigenvalue weighted by Gasteiger charge is 2.47. The molecule has 23 heavy (non-hydrogen) atoms. The van der Waals surface area contributed by atoms with Gasteiger partial charge >= 0.3 is 0 Å². The van der Waals surface area contributed by atoms with Crippen LogP contribution in [-0.4, -0.2) is 28.0 Å². The van der Waals surface area contributed by atoms with Gasteiger partial charge in [-0.3, -0.25) is 9.88 Å². The first-order valence-electron chi connectivity index (χ1n) is 7.31. The molecule has 126 valence electrons. The summed E-state index contributed by atoms with van der Waals surface area (Å²) in [6.07, 6.45) is 6.04. The number of hydrogen-bond acceptors (Lipinski definition) is 3. The quantitative estimate of drug-likeness (QED) is 0.568. The lowest BCUT2D eigenvalue weighted by molar-refractivity contribution is 0.209. The maximum Gasteiger partial charge on any atom is 0.0746 e. The number of halogens is 3. The zero-order valence-electron chi connectivity index (χ0n) is 12.8. The van der Waals surface area contributed by atoms with Crippen LogP contribution in [0.25, 0.3) is 0 Å². The van der Waals surface area contributed by atoms with Crippen LogP contribution >= 0.6 is 36.4 Å². The van der Waals surface area contributed by atoms with Crippen LogP contribution in [0.15, 0.2) is 54.9 Å². The van der Waals surface area contributed by atoms with E-state index in [1.165, 1.54) is 18.4 Å². The molecule has 0 atom stereocenters. The zero-order chi connectivity index (χ0) is 14.5. The molecule has 3 rings (SSSR count). The second-order valence-corrected chi connectivity index (χ2v) is 5.86. The highest BCUT2D eigenvalue weighted by molar-refractivity contribution is 6.17. The molecule has 0 aliphatic heterocycles. The average Bonchev–Trinajstić information content (AvgIpc) is 3.34. The van der Waals surface area contributed by atoms with Crippen LogP contribution in [0, 0.1) is 0 Å². The number of nitrogens with one attached hydrogen (secondary N) is 1. The van der Waals surface area contributed by atoms with Crippen molar-refractivity contribution in [2.75, 3.05) is 17.9 Å². The molecule has 0 bridgehead atoms. The van der Waals surface area contributed by atoms with Gasteiger partial charge in [-0.25, -0.2) is 0 Å². The summed E-state index contributed by atoms with van der Waals surface area (Å²) in [5, 5.41) is 3.49. The van der Waals surface area contributed by atoms with Gasteiger partial charge in [0.25, 0.3) is 0 Å². The van der Waals surface area contributed by atoms with E-state index in [1.54, 1.807) is 6.20 Å². The van der Waals surface area contributed by atoms with Gasteiger partial charge in [0.2, 0.25) is 0 Å². The predicted molar refractivity (Wildman–Crippen MR) is 102 cm³/mol. The van der Waals surface area contributed by atoms with Gasteiger partial charge in [0, 0.05) is 31.0 Å². The van der Waals surface area contributed by atoms with Gasteiger partial charge in [0.05, 0.1) is 11.7 Å². The molecule has 1 heterocycles. The third-order valence-electron chi connectivity index (χ3n) is 4.14. The summed E-state index contributed by atoms with van der Waals surface area (Å²) in [4.78, 5) is 6.50. The van der Waals surface area contributed by atoms with Crippen LogP contribution in [0.2, 0.25) is 0 Å². The topological polar surface area (TPSA) is 28.2 Å². The van der Waals surface area contributed by atoms with Crippen molar-refractivity contribution in [1.29, 1.82) is 0 Å². The number of aromatic nitrogens is 1. The van der Waals surface area contributed by atoms with Crippen molar-refractivity contribution in [1.82, 2.24) is 9.88 Å². The Kier molecular flexibility index (Phi) is 8.13. The van der Waals surface area contributed by atoms with Crippen molar-refractivity contribution >= 4 is 42.1 Å². The fourth-order valence-corrected chi connectivity index (χ4v) is 2.96. The third kappa shape index (κ3) is 5.25. The van der Waals surface area contributed by atoms with Gasteiger partial charge in [-0.15, -0.1) is 36.4 Å². The normalized spacial score (nSPS) is 14.5. The van der Waals surface area contributed by atoms with E-state index in [0.29, 0.717) is 6.00 Å². The van der Waals surface area contributed by atoms with Gasteiger partial charge in [-0.1, -0.05) is 30.3 Å². The summed E-state index contributed by atoms with van der Waals surface area (Å²) in [5.41, 5.74) is 2.57. The lowest BCUT2D eigenvalue weighted by atomic mass is 10.1. The van der Waals surface area contributed by atoms with E-state index >= 15 is 0 Å². The second kappa shape index (κ2) is 9.33. The van der Waals surface area contributed by atoms with Crippen molar-refractivity contribution in [3.63, 3.8) is 0 Å². The van der Waals surface area contributed by atoms with Crippen LogP contribution < -0.4 is 5.32 Å². The molecule has 6 heteroatoms. The first-order valence-corrected chi connectivity index (χ1v) is 7.85. The number of pyridine rings is 1. The molecular formula is C17H22Cl3N3. The Labute approximate surface area is 155 Å². The monoisotopic (exact) mass is 373 g/mol. The first-order chi connectivity index (χ1) is 10.3. The largest absolute Gasteiger partial charge is 0.382 e. The molecule has 1 aliphatic carbocycles. The molecule has 0 spiro atoms. The molecule has 3 nitrogen and oxygen atoms in total. The molecule has 0 amide bonds. The molecule has 0 unspecified atom stereocenters. The Morgan fingerprint density at radius 2 is 1.83 bits per heavy atom. The predicted octanol–water partition coefficient (Wildman–Crippen LogP) is 4.57. The Hall–Kier alpha value is -1.00. The summed E-state index contributed by atoms with van der Waals surface area (Å²) in [5.74, 6) is 0. The summed E-state index contributed by atoms with van der Waals surface area (Å²) in [6, 6.07) is 15.1. The summed E-state index contributed by atoms with van der Waals surface area (Å²) in [6.45, 7) is 1.82. The van der Waals surface area contributed by atoms with Crippen molar-refractivity contribution < 1.29 is 0 Å². The van der Waals surface area contributed by atoms with E-state index in [2.05, 4.69) is 39.5 Å². The average molecular weight is 375 g/mol. The minimum atomic E-state index is 0. The minimum Gasteiger partial charge on any atom is -0.382 e. The molecule has 2 aromatic rings. The van der Waals surface area contributed by atoms with Gasteiger partial charge in [-0.2, -0.15) is 0 Å². The van der Waals surface area contributed by atoms with E-state index in [1.807, 2.05) is 24.4 Å². The van der Waals surface area contributed by atoms with Gasteiger partial charge in [0.1, 0.15) is 0 Å². The lowest BCUT2D eigenvalue weighted by Crippen LogP contribution is -2.41. The van der Waals surface area contributed by atoms with Crippen molar-refractivity contribution in [3.05, 3.63) is 60.4 Å². The molecule has 1 aliphatic rings. The molecule has 1 aromatic heterocycles. The minimum absolute atomic E-state index is 0. The maximum atomic E-state index is 6.21. The van der Waals surface area contributed by atoms with E-state index in [4.69, 9.17) is 11.6 Å². The molecule has 1 fully saturated rings. The van der Waals surface area contributed by atoms with Gasteiger partial charge in [0.15, 0.2) is 0 Å². The zero-order valence-corrected chi connectivity index (χ0v) is 15.2. The Morgan fingerprint density at radius 3 is 2.39 bits per heavy atom. The Balaban J connectivity index is 0.00000132. The fraction of sp³-hybridized carbons (Fsp3) is 0.353. The SMILES string of the molecule is Cl.Cl.ClCN(Cc1ccccc1)C1(CNc2cccnc2)CC1. The number of nitrogens with zero attached hydrogens (tertiary/aromatic N) is 2. The van der Waals surface area contributed by atoms with E-state index < -0.39 is 0 Å². The van der Waals surface area contributed by atoms with E-state index in [9.17, 15) is 0 Å². The summed E-state index contributed by atoms with van der Waals surface area (Å²) < 4.78 is 0. The molecule has 0 radical (unpaired) electrons. The Bertz CT molecular complexity index is 562. The smallest absolute Gasteiger partial charge is 0.0746 e. The molecule has 1 aromatic carbocycles. The summed E-state index contributed by atoms with van der Waals surface area (Å²) >= 11 is 6.21. The number of alkyl halides is 1. The van der Waals surface area contributed by atoms with E-state index in [0.717, 1.165) is 18.8 Å². The highest BCUT2D eigenvalue weighted by atomic mass is 35.5. The van der Waals surface area contributed by atoms with Gasteiger partial charge in [-0.05, 0) is 30.5 Å². The number of hydrogen-bond donors (Lipinski definition) is 1. The number of benzene rings is 1. The van der Waals surface area contributed by atoms with Crippen molar-refractivity contribution in [2.24, 2.45) is 0 Å². The number of rotatable bonds is 7. The van der Waals surface area contributed by atoms with Crippen molar-refractivity contribution in [2.45, 2.75) is 24.9 Å². The van der Waals surface area contributed by atoms with Crippen LogP contribution in [0.3, 0.4) is 0 Å². The maximum absolute atomic E-state index is 6.21. The summed E-state index contributed by atoms with van der Waals surface area (Å²) in [7, 11) is 0. The molecular weight excluding hydrogens is 353 g/mol. The Morgan fingerprint density at radius 1 is 1.09 bits per heavy atom. The van der Waals surface area contributed by atoms with Crippen LogP contribution in [0.5, 0.6) is 0 Å². The van der Waals surface area contributed by atoms with Crippen LogP contribution in [0.4, 0.5) is 5.69 Å². The fourth-order valence-electron chi connectivity index (χ4n) is 2.62. The highest BCUT2D eigenvalue weighted by Crippen LogP contribution is 2.42. The van der Waals surface area contributed by atoms with Crippen LogP contribution in [-0.2, 0) is 6.54 Å². The molecule has 1 N–H and O–H groups in total. The van der Waals surface area contributed by atoms with Gasteiger partial charge < -0.3 is 5.32 Å². The lowest BCUT2D eigenvalue weighted by Gasteiger charge is -2.30. The standard InChI is InChI=1S/C17H20ClN3.2ClH/c18-14-21(12-15-5-2-1-3-6-15)17(8-9-17)13-20-16-7-4-10-19-11-16;;/h1-7,10-11,20H,8-9,12-14H2;2*1H. The third-order valence-corrected chi connectivity index (χ3v) is 4.43. The van der Waals surface area contributed by atoms with E-state index in [-0.39, 0.29) is 30.4 Å². The molecule has 0 saturated heterocycles. The number of anilines is 1. The second-order valence-electron chi connectivity index (χ2n) is 5.62. The first kappa shape index (κ1) is 20.0. The van der Waals surface area contributed by atoms with Crippen molar-refractivity contribution in [3.8, 4) is 0 Å². The van der Waals surface area contributed by atoms with Crippen LogP contribution in [0.1, 0.15) is 18.4 Å². The molecule has 1 saturated carbocycles.